The first kappa shape index (κ1) is 19.8. The van der Waals surface area contributed by atoms with Crippen molar-refractivity contribution in [3.63, 3.8) is 0 Å². The molecule has 0 amide bonds. The zero-order valence-electron chi connectivity index (χ0n) is 12.7. The van der Waals surface area contributed by atoms with Crippen molar-refractivity contribution in [1.82, 2.24) is 0 Å². The molecule has 0 bridgehead atoms. The molecule has 6 N–H and O–H groups in total. The van der Waals surface area contributed by atoms with Crippen molar-refractivity contribution in [2.75, 3.05) is 13.7 Å². The van der Waals surface area contributed by atoms with Crippen molar-refractivity contribution < 1.29 is 29.9 Å². The summed E-state index contributed by atoms with van der Waals surface area (Å²) in [7, 11) is 1.55. The molecule has 8 heteroatoms. The predicted molar refractivity (Wildman–Crippen MR) is 79.3 cm³/mol. The summed E-state index contributed by atoms with van der Waals surface area (Å²) in [6, 6.07) is 5.72. The summed E-state index contributed by atoms with van der Waals surface area (Å²) < 4.78 is 10.4. The number of methoxy groups -OCH3 is 1. The van der Waals surface area contributed by atoms with Crippen LogP contribution in [0.4, 0.5) is 0 Å². The van der Waals surface area contributed by atoms with Gasteiger partial charge in [-0.2, -0.15) is 0 Å². The topological polar surface area (TPSA) is 125 Å². The molecule has 1 unspecified atom stereocenters. The molecular formula is C14H21NNaO6. The van der Waals surface area contributed by atoms with Gasteiger partial charge in [0.25, 0.3) is 0 Å². The first-order chi connectivity index (χ1) is 9.91. The summed E-state index contributed by atoms with van der Waals surface area (Å²) in [5.41, 5.74) is 6.49. The average molecular weight is 322 g/mol. The van der Waals surface area contributed by atoms with Gasteiger partial charge in [0.1, 0.15) is 24.1 Å². The average Bonchev–Trinajstić information content (AvgIpc) is 2.50. The Hall–Kier alpha value is -0.220. The van der Waals surface area contributed by atoms with Crippen LogP contribution in [-0.4, -0.2) is 93.8 Å². The van der Waals surface area contributed by atoms with Crippen molar-refractivity contribution in [3.8, 4) is 5.75 Å². The van der Waals surface area contributed by atoms with E-state index >= 15 is 0 Å². The Morgan fingerprint density at radius 1 is 1.23 bits per heavy atom. The molecule has 1 heterocycles. The number of nitrogens with two attached hydrogens (primary N) is 1. The van der Waals surface area contributed by atoms with E-state index in [1.807, 2.05) is 0 Å². The van der Waals surface area contributed by atoms with Gasteiger partial charge in [-0.05, 0) is 17.7 Å². The third-order valence-electron chi connectivity index (χ3n) is 3.77. The molecule has 1 fully saturated rings. The quantitative estimate of drug-likeness (QED) is 0.405. The number of benzene rings is 1. The molecule has 119 valence electrons. The third-order valence-corrected chi connectivity index (χ3v) is 3.77. The van der Waals surface area contributed by atoms with E-state index in [2.05, 4.69) is 0 Å². The molecule has 0 saturated carbocycles. The second kappa shape index (κ2) is 8.05. The van der Waals surface area contributed by atoms with E-state index in [0.717, 1.165) is 0 Å². The molecule has 7 nitrogen and oxygen atoms in total. The van der Waals surface area contributed by atoms with E-state index in [1.54, 1.807) is 31.4 Å². The Labute approximate surface area is 151 Å². The van der Waals surface area contributed by atoms with Gasteiger partial charge in [0.15, 0.2) is 5.79 Å². The predicted octanol–water partition coefficient (Wildman–Crippen LogP) is -2.01. The number of ether oxygens (including phenoxy) is 2. The normalized spacial score (nSPS) is 34.8. The van der Waals surface area contributed by atoms with Crippen LogP contribution in [0.25, 0.3) is 0 Å². The zero-order valence-corrected chi connectivity index (χ0v) is 14.7. The summed E-state index contributed by atoms with van der Waals surface area (Å²) in [5.74, 6) is -1.20. The molecule has 1 aliphatic heterocycles. The molecule has 1 saturated heterocycles. The van der Waals surface area contributed by atoms with Crippen LogP contribution in [0.3, 0.4) is 0 Å². The van der Waals surface area contributed by atoms with E-state index in [4.69, 9.17) is 20.3 Å². The van der Waals surface area contributed by atoms with Crippen LogP contribution in [0.15, 0.2) is 24.3 Å². The number of aliphatic hydroxyl groups is 4. The fourth-order valence-electron chi connectivity index (χ4n) is 2.45. The molecule has 0 spiro atoms. The second-order valence-corrected chi connectivity index (χ2v) is 5.22. The van der Waals surface area contributed by atoms with Crippen LogP contribution in [0.5, 0.6) is 5.75 Å². The first-order valence-corrected chi connectivity index (χ1v) is 6.67. The molecule has 2 rings (SSSR count). The van der Waals surface area contributed by atoms with Crippen LogP contribution < -0.4 is 10.5 Å². The van der Waals surface area contributed by atoms with Crippen molar-refractivity contribution in [2.45, 2.75) is 36.6 Å². The third kappa shape index (κ3) is 4.00. The minimum atomic E-state index is -1.87. The standard InChI is InChI=1S/C14H21NO6.Na/c1-20-9-4-2-8(3-5-9)6-14(19)13(15)12(18)11(17)10(7-16)21-14;/h2-5,10-13,16-19H,6-7,15H2,1H3;/t10-,11-,12+,13-,14?;/m1./s1. The number of aliphatic hydroxyl groups excluding tert-OH is 3. The van der Waals surface area contributed by atoms with Crippen molar-refractivity contribution in [3.05, 3.63) is 29.8 Å². The van der Waals surface area contributed by atoms with E-state index in [0.29, 0.717) is 11.3 Å². The summed E-state index contributed by atoms with van der Waals surface area (Å²) >= 11 is 0. The summed E-state index contributed by atoms with van der Waals surface area (Å²) in [6.07, 6.45) is -3.82. The fraction of sp³-hybridized carbons (Fsp3) is 0.571. The van der Waals surface area contributed by atoms with E-state index in [1.165, 1.54) is 0 Å². The van der Waals surface area contributed by atoms with Crippen molar-refractivity contribution in [2.24, 2.45) is 5.73 Å². The maximum atomic E-state index is 10.5. The number of hydrogen-bond acceptors (Lipinski definition) is 7. The molecule has 1 aromatic rings. The molecule has 0 aromatic heterocycles. The van der Waals surface area contributed by atoms with Crippen LogP contribution >= 0.6 is 0 Å². The van der Waals surface area contributed by atoms with Gasteiger partial charge in [0.05, 0.1) is 19.8 Å². The Morgan fingerprint density at radius 2 is 1.82 bits per heavy atom. The van der Waals surface area contributed by atoms with Crippen LogP contribution in [0.2, 0.25) is 0 Å². The maximum Gasteiger partial charge on any atom is 0.188 e. The van der Waals surface area contributed by atoms with Gasteiger partial charge in [-0.15, -0.1) is 0 Å². The monoisotopic (exact) mass is 322 g/mol. The minimum Gasteiger partial charge on any atom is -0.497 e. The molecule has 1 aliphatic rings. The Balaban J connectivity index is 0.00000242. The van der Waals surface area contributed by atoms with Gasteiger partial charge in [0, 0.05) is 36.0 Å². The van der Waals surface area contributed by atoms with E-state index in [-0.39, 0.29) is 36.0 Å². The van der Waals surface area contributed by atoms with Gasteiger partial charge < -0.3 is 35.6 Å². The van der Waals surface area contributed by atoms with Gasteiger partial charge in [-0.25, -0.2) is 0 Å². The van der Waals surface area contributed by atoms with Crippen molar-refractivity contribution in [1.29, 1.82) is 0 Å². The summed E-state index contributed by atoms with van der Waals surface area (Å²) in [6.45, 7) is -0.532. The molecular weight excluding hydrogens is 301 g/mol. The van der Waals surface area contributed by atoms with Gasteiger partial charge in [-0.3, -0.25) is 0 Å². The molecule has 0 aliphatic carbocycles. The SMILES string of the molecule is COc1ccc(CC2(O)O[C@H](CO)[C@@H](O)[C@H](O)[C@H]2N)cc1.[Na]. The number of hydrogen-bond donors (Lipinski definition) is 5. The summed E-state index contributed by atoms with van der Waals surface area (Å²) in [4.78, 5) is 0. The molecule has 1 aromatic carbocycles. The number of rotatable bonds is 4. The Kier molecular flexibility index (Phi) is 7.25. The van der Waals surface area contributed by atoms with E-state index in [9.17, 15) is 15.3 Å². The van der Waals surface area contributed by atoms with E-state index < -0.39 is 36.7 Å². The minimum absolute atomic E-state index is 0. The molecule has 1 radical (unpaired) electrons. The first-order valence-electron chi connectivity index (χ1n) is 6.67. The smallest absolute Gasteiger partial charge is 0.188 e. The van der Waals surface area contributed by atoms with Crippen molar-refractivity contribution >= 4 is 29.6 Å². The second-order valence-electron chi connectivity index (χ2n) is 5.22. The maximum absolute atomic E-state index is 10.5. The van der Waals surface area contributed by atoms with Crippen LogP contribution in [-0.2, 0) is 11.2 Å². The molecule has 5 atom stereocenters. The van der Waals surface area contributed by atoms with Crippen LogP contribution in [0.1, 0.15) is 5.56 Å². The van der Waals surface area contributed by atoms with Gasteiger partial charge in [-0.1, -0.05) is 12.1 Å². The molecule has 22 heavy (non-hydrogen) atoms. The fourth-order valence-corrected chi connectivity index (χ4v) is 2.45. The Bertz CT molecular complexity index is 471. The Morgan fingerprint density at radius 3 is 2.32 bits per heavy atom. The van der Waals surface area contributed by atoms with Gasteiger partial charge >= 0.3 is 0 Å². The zero-order chi connectivity index (χ0) is 15.6. The summed E-state index contributed by atoms with van der Waals surface area (Å²) in [5, 5.41) is 39.3. The van der Waals surface area contributed by atoms with Crippen LogP contribution in [0, 0.1) is 0 Å². The van der Waals surface area contributed by atoms with Gasteiger partial charge in [0.2, 0.25) is 0 Å². The largest absolute Gasteiger partial charge is 0.497 e.